The number of thiazole rings is 1. The van der Waals surface area contributed by atoms with Gasteiger partial charge < -0.3 is 5.32 Å². The quantitative estimate of drug-likeness (QED) is 0.682. The molecule has 94 valence electrons. The van der Waals surface area contributed by atoms with Crippen LogP contribution in [0.1, 0.15) is 10.7 Å². The van der Waals surface area contributed by atoms with Gasteiger partial charge in [-0.15, -0.1) is 11.3 Å². The summed E-state index contributed by atoms with van der Waals surface area (Å²) >= 11 is 1.51. The average molecular weight is 267 g/mol. The Morgan fingerprint density at radius 1 is 1.56 bits per heavy atom. The third-order valence-corrected chi connectivity index (χ3v) is 3.22. The zero-order chi connectivity index (χ0) is 13.1. The van der Waals surface area contributed by atoms with Crippen LogP contribution in [0.3, 0.4) is 0 Å². The van der Waals surface area contributed by atoms with Gasteiger partial charge in [0.25, 0.3) is 0 Å². The number of nitro benzene ring substituents is 1. The highest BCUT2D eigenvalue weighted by Gasteiger charge is 2.13. The van der Waals surface area contributed by atoms with E-state index in [-0.39, 0.29) is 0 Å². The van der Waals surface area contributed by atoms with E-state index in [1.165, 1.54) is 17.4 Å². The summed E-state index contributed by atoms with van der Waals surface area (Å²) in [5, 5.41) is 16.2. The maximum Gasteiger partial charge on any atom is 0.304 e. The summed E-state index contributed by atoms with van der Waals surface area (Å²) in [5.41, 5.74) is 0.906. The number of aromatic nitrogens is 1. The van der Waals surface area contributed by atoms with Gasteiger partial charge in [-0.05, 0) is 13.0 Å². The topological polar surface area (TPSA) is 68.1 Å². The van der Waals surface area contributed by atoms with E-state index in [9.17, 15) is 14.5 Å². The van der Waals surface area contributed by atoms with E-state index in [0.717, 1.165) is 22.8 Å². The number of hydrogen-bond acceptors (Lipinski definition) is 5. The van der Waals surface area contributed by atoms with Crippen LogP contribution in [0.25, 0.3) is 0 Å². The summed E-state index contributed by atoms with van der Waals surface area (Å²) in [6, 6.07) is 3.73. The monoisotopic (exact) mass is 267 g/mol. The Bertz CT molecular complexity index is 585. The van der Waals surface area contributed by atoms with Gasteiger partial charge in [0.15, 0.2) is 0 Å². The molecule has 1 aromatic heterocycles. The van der Waals surface area contributed by atoms with Crippen molar-refractivity contribution in [3.63, 3.8) is 0 Å². The van der Waals surface area contributed by atoms with Gasteiger partial charge in [-0.25, -0.2) is 4.98 Å². The largest absolute Gasteiger partial charge is 0.378 e. The number of nitro groups is 1. The molecule has 1 aromatic carbocycles. The molecule has 0 aliphatic heterocycles. The zero-order valence-electron chi connectivity index (χ0n) is 9.51. The lowest BCUT2D eigenvalue weighted by Gasteiger charge is -2.04. The van der Waals surface area contributed by atoms with Crippen LogP contribution in [-0.2, 0) is 6.54 Å². The molecular weight excluding hydrogens is 257 g/mol. The van der Waals surface area contributed by atoms with E-state index < -0.39 is 16.4 Å². The highest BCUT2D eigenvalue weighted by molar-refractivity contribution is 7.09. The van der Waals surface area contributed by atoms with Gasteiger partial charge in [-0.2, -0.15) is 4.39 Å². The smallest absolute Gasteiger partial charge is 0.304 e. The van der Waals surface area contributed by atoms with E-state index in [1.54, 1.807) is 0 Å². The SMILES string of the molecule is Cc1csc(CNc2ccc([N+](=O)[O-])c(F)c2)n1. The molecule has 1 N–H and O–H groups in total. The first-order valence-electron chi connectivity index (χ1n) is 5.15. The van der Waals surface area contributed by atoms with E-state index in [0.29, 0.717) is 12.2 Å². The lowest BCUT2D eigenvalue weighted by Crippen LogP contribution is -2.00. The molecule has 0 aliphatic rings. The number of benzene rings is 1. The summed E-state index contributed by atoms with van der Waals surface area (Å²) < 4.78 is 13.3. The summed E-state index contributed by atoms with van der Waals surface area (Å²) in [7, 11) is 0. The second-order valence-electron chi connectivity index (χ2n) is 3.66. The van der Waals surface area contributed by atoms with Crippen LogP contribution >= 0.6 is 11.3 Å². The second kappa shape index (κ2) is 5.09. The van der Waals surface area contributed by atoms with Crippen LogP contribution in [0.2, 0.25) is 0 Å². The minimum absolute atomic E-state index is 0.468. The number of aryl methyl sites for hydroxylation is 1. The van der Waals surface area contributed by atoms with Crippen LogP contribution in [0.15, 0.2) is 23.6 Å². The van der Waals surface area contributed by atoms with Gasteiger partial charge in [0, 0.05) is 28.9 Å². The molecule has 0 bridgehead atoms. The number of hydrogen-bond donors (Lipinski definition) is 1. The van der Waals surface area contributed by atoms with E-state index in [2.05, 4.69) is 10.3 Å². The van der Waals surface area contributed by atoms with Gasteiger partial charge in [0.05, 0.1) is 11.5 Å². The molecule has 0 radical (unpaired) electrons. The first kappa shape index (κ1) is 12.4. The fourth-order valence-corrected chi connectivity index (χ4v) is 2.14. The standard InChI is InChI=1S/C11H10FN3O2S/c1-7-6-18-11(14-7)5-13-8-2-3-10(15(16)17)9(12)4-8/h2-4,6,13H,5H2,1H3. The zero-order valence-corrected chi connectivity index (χ0v) is 10.3. The minimum Gasteiger partial charge on any atom is -0.378 e. The molecule has 0 amide bonds. The Morgan fingerprint density at radius 3 is 2.89 bits per heavy atom. The maximum absolute atomic E-state index is 13.3. The van der Waals surface area contributed by atoms with Crippen LogP contribution in [0.4, 0.5) is 15.8 Å². The van der Waals surface area contributed by atoms with Gasteiger partial charge >= 0.3 is 5.69 Å². The van der Waals surface area contributed by atoms with E-state index in [1.807, 2.05) is 12.3 Å². The third kappa shape index (κ3) is 2.80. The van der Waals surface area contributed by atoms with Crippen molar-refractivity contribution in [3.8, 4) is 0 Å². The highest BCUT2D eigenvalue weighted by Crippen LogP contribution is 2.21. The van der Waals surface area contributed by atoms with Crippen molar-refractivity contribution >= 4 is 22.7 Å². The lowest BCUT2D eigenvalue weighted by atomic mass is 10.2. The summed E-state index contributed by atoms with van der Waals surface area (Å²) in [5.74, 6) is -0.847. The molecule has 0 saturated carbocycles. The maximum atomic E-state index is 13.3. The van der Waals surface area contributed by atoms with Gasteiger partial charge in [-0.1, -0.05) is 0 Å². The van der Waals surface area contributed by atoms with Crippen LogP contribution in [0, 0.1) is 22.9 Å². The van der Waals surface area contributed by atoms with E-state index in [4.69, 9.17) is 0 Å². The molecule has 0 fully saturated rings. The summed E-state index contributed by atoms with van der Waals surface area (Å²) in [6.07, 6.45) is 0. The molecule has 0 aliphatic carbocycles. The molecular formula is C11H10FN3O2S. The Kier molecular flexibility index (Phi) is 3.52. The minimum atomic E-state index is -0.847. The molecule has 5 nitrogen and oxygen atoms in total. The number of rotatable bonds is 4. The van der Waals surface area contributed by atoms with Gasteiger partial charge in [0.1, 0.15) is 5.01 Å². The lowest BCUT2D eigenvalue weighted by molar-refractivity contribution is -0.387. The second-order valence-corrected chi connectivity index (χ2v) is 4.60. The van der Waals surface area contributed by atoms with Crippen molar-refractivity contribution in [2.75, 3.05) is 5.32 Å². The van der Waals surface area contributed by atoms with Crippen LogP contribution in [-0.4, -0.2) is 9.91 Å². The summed E-state index contributed by atoms with van der Waals surface area (Å²) in [6.45, 7) is 2.36. The Balaban J connectivity index is 2.06. The van der Waals surface area contributed by atoms with Crippen molar-refractivity contribution in [3.05, 3.63) is 50.2 Å². The highest BCUT2D eigenvalue weighted by atomic mass is 32.1. The number of halogens is 1. The fourth-order valence-electron chi connectivity index (χ4n) is 1.43. The van der Waals surface area contributed by atoms with Crippen molar-refractivity contribution in [1.82, 2.24) is 4.98 Å². The average Bonchev–Trinajstić information content (AvgIpc) is 2.72. The van der Waals surface area contributed by atoms with Crippen molar-refractivity contribution in [2.45, 2.75) is 13.5 Å². The molecule has 7 heteroatoms. The van der Waals surface area contributed by atoms with Crippen LogP contribution < -0.4 is 5.32 Å². The molecule has 18 heavy (non-hydrogen) atoms. The Morgan fingerprint density at radius 2 is 2.33 bits per heavy atom. The third-order valence-electron chi connectivity index (χ3n) is 2.25. The van der Waals surface area contributed by atoms with Crippen LogP contribution in [0.5, 0.6) is 0 Å². The number of nitrogens with one attached hydrogen (secondary N) is 1. The molecule has 2 rings (SSSR count). The number of anilines is 1. The predicted molar refractivity (Wildman–Crippen MR) is 67.2 cm³/mol. The van der Waals surface area contributed by atoms with E-state index >= 15 is 0 Å². The molecule has 1 heterocycles. The molecule has 0 saturated heterocycles. The molecule has 0 unspecified atom stereocenters. The normalized spacial score (nSPS) is 10.3. The van der Waals surface area contributed by atoms with Crippen molar-refractivity contribution in [2.24, 2.45) is 0 Å². The molecule has 0 atom stereocenters. The first-order valence-corrected chi connectivity index (χ1v) is 6.03. The molecule has 2 aromatic rings. The summed E-state index contributed by atoms with van der Waals surface area (Å²) in [4.78, 5) is 14.0. The Labute approximate surface area is 106 Å². The predicted octanol–water partition coefficient (Wildman–Crippen LogP) is 3.11. The Hall–Kier alpha value is -2.02. The molecule has 0 spiro atoms. The van der Waals surface area contributed by atoms with Gasteiger partial charge in [-0.3, -0.25) is 10.1 Å². The van der Waals surface area contributed by atoms with Crippen molar-refractivity contribution < 1.29 is 9.31 Å². The number of nitrogens with zero attached hydrogens (tertiary/aromatic N) is 2. The fraction of sp³-hybridized carbons (Fsp3) is 0.182. The van der Waals surface area contributed by atoms with Gasteiger partial charge in [0.2, 0.25) is 5.82 Å². The van der Waals surface area contributed by atoms with Crippen molar-refractivity contribution in [1.29, 1.82) is 0 Å². The first-order chi connectivity index (χ1) is 8.56.